The molecule has 4 rings (SSSR count). The fourth-order valence-electron chi connectivity index (χ4n) is 2.63. The van der Waals surface area contributed by atoms with E-state index in [9.17, 15) is 8.78 Å². The number of hydrogen-bond acceptors (Lipinski definition) is 7. The molecule has 0 radical (unpaired) electrons. The highest BCUT2D eigenvalue weighted by Gasteiger charge is 2.09. The summed E-state index contributed by atoms with van der Waals surface area (Å²) in [6.45, 7) is 0.278. The van der Waals surface area contributed by atoms with Crippen molar-refractivity contribution in [1.82, 2.24) is 19.9 Å². The second-order valence-electron chi connectivity index (χ2n) is 6.41. The molecule has 31 heavy (non-hydrogen) atoms. The summed E-state index contributed by atoms with van der Waals surface area (Å²) in [5, 5.41) is 9.74. The molecule has 0 unspecified atom stereocenters. The van der Waals surface area contributed by atoms with Crippen molar-refractivity contribution in [1.29, 1.82) is 0 Å². The maximum atomic E-state index is 13.3. The second-order valence-corrected chi connectivity index (χ2v) is 6.85. The average molecular weight is 440 g/mol. The van der Waals surface area contributed by atoms with Crippen LogP contribution in [0.5, 0.6) is 0 Å². The summed E-state index contributed by atoms with van der Waals surface area (Å²) in [5.74, 6) is -0.156. The van der Waals surface area contributed by atoms with Crippen molar-refractivity contribution in [3.05, 3.63) is 89.2 Å². The number of nitrogens with zero attached hydrogens (tertiary/aromatic N) is 4. The fraction of sp³-hybridized carbons (Fsp3) is 0.0476. The first-order valence-corrected chi connectivity index (χ1v) is 9.57. The number of rotatable bonds is 7. The normalized spacial score (nSPS) is 10.5. The van der Waals surface area contributed by atoms with Crippen molar-refractivity contribution in [3.8, 4) is 0 Å². The van der Waals surface area contributed by atoms with Crippen LogP contribution in [0.15, 0.2) is 66.9 Å². The molecule has 0 aliphatic carbocycles. The Morgan fingerprint density at radius 1 is 0.742 bits per heavy atom. The van der Waals surface area contributed by atoms with E-state index in [1.54, 1.807) is 42.5 Å². The Hall–Kier alpha value is -3.85. The van der Waals surface area contributed by atoms with Gasteiger partial charge in [0.1, 0.15) is 5.82 Å². The zero-order valence-electron chi connectivity index (χ0n) is 16.0. The van der Waals surface area contributed by atoms with Crippen LogP contribution in [0.4, 0.5) is 38.0 Å². The van der Waals surface area contributed by atoms with Gasteiger partial charge in [0, 0.05) is 29.1 Å². The Kier molecular flexibility index (Phi) is 6.13. The molecule has 0 aliphatic heterocycles. The van der Waals surface area contributed by atoms with Gasteiger partial charge in [-0.2, -0.15) is 19.3 Å². The molecule has 10 heteroatoms. The van der Waals surface area contributed by atoms with Gasteiger partial charge < -0.3 is 16.0 Å². The van der Waals surface area contributed by atoms with Gasteiger partial charge in [0.25, 0.3) is 0 Å². The first-order valence-electron chi connectivity index (χ1n) is 9.19. The lowest BCUT2D eigenvalue weighted by Gasteiger charge is -2.11. The van der Waals surface area contributed by atoms with Crippen molar-refractivity contribution in [2.24, 2.45) is 0 Å². The van der Waals surface area contributed by atoms with Crippen molar-refractivity contribution >= 4 is 40.8 Å². The third kappa shape index (κ3) is 5.83. The van der Waals surface area contributed by atoms with Gasteiger partial charge in [0.15, 0.2) is 0 Å². The SMILES string of the molecule is Fc1ccc(Nc2nc(NCc3ccnc(F)c3)nc(Nc3ccc(Cl)cc3)n2)cc1. The molecule has 0 saturated heterocycles. The number of benzene rings is 2. The summed E-state index contributed by atoms with van der Waals surface area (Å²) in [6, 6.07) is 15.8. The van der Waals surface area contributed by atoms with Crippen LogP contribution in [0.2, 0.25) is 5.02 Å². The zero-order valence-corrected chi connectivity index (χ0v) is 16.7. The van der Waals surface area contributed by atoms with E-state index in [-0.39, 0.29) is 30.2 Å². The summed E-state index contributed by atoms with van der Waals surface area (Å²) in [5.41, 5.74) is 2.01. The van der Waals surface area contributed by atoms with Crippen LogP contribution in [-0.2, 0) is 6.54 Å². The highest BCUT2D eigenvalue weighted by Crippen LogP contribution is 2.20. The Morgan fingerprint density at radius 2 is 1.32 bits per heavy atom. The number of halogens is 3. The van der Waals surface area contributed by atoms with Gasteiger partial charge in [-0.15, -0.1) is 0 Å². The molecule has 0 spiro atoms. The average Bonchev–Trinajstić information content (AvgIpc) is 2.76. The predicted molar refractivity (Wildman–Crippen MR) is 116 cm³/mol. The van der Waals surface area contributed by atoms with Gasteiger partial charge in [0.05, 0.1) is 0 Å². The van der Waals surface area contributed by atoms with Gasteiger partial charge in [-0.3, -0.25) is 0 Å². The quantitative estimate of drug-likeness (QED) is 0.337. The molecule has 0 atom stereocenters. The van der Waals surface area contributed by atoms with Crippen LogP contribution in [0.25, 0.3) is 0 Å². The lowest BCUT2D eigenvalue weighted by molar-refractivity contribution is 0.581. The minimum atomic E-state index is -0.571. The maximum Gasteiger partial charge on any atom is 0.233 e. The molecule has 0 fully saturated rings. The minimum absolute atomic E-state index is 0.237. The number of anilines is 5. The highest BCUT2D eigenvalue weighted by atomic mass is 35.5. The minimum Gasteiger partial charge on any atom is -0.350 e. The molecule has 0 aliphatic rings. The molecule has 3 N–H and O–H groups in total. The molecule has 0 saturated carbocycles. The van der Waals surface area contributed by atoms with Crippen LogP contribution in [0, 0.1) is 11.8 Å². The summed E-state index contributed by atoms with van der Waals surface area (Å²) < 4.78 is 26.5. The number of pyridine rings is 1. The third-order valence-electron chi connectivity index (χ3n) is 4.08. The van der Waals surface area contributed by atoms with E-state index in [0.29, 0.717) is 16.3 Å². The summed E-state index contributed by atoms with van der Waals surface area (Å²) >= 11 is 5.93. The van der Waals surface area contributed by atoms with Crippen molar-refractivity contribution in [3.63, 3.8) is 0 Å². The number of aromatic nitrogens is 4. The highest BCUT2D eigenvalue weighted by molar-refractivity contribution is 6.30. The molecule has 156 valence electrons. The Bertz CT molecular complexity index is 1110. The molecule has 2 heterocycles. The first kappa shape index (κ1) is 20.4. The van der Waals surface area contributed by atoms with E-state index >= 15 is 0 Å². The lowest BCUT2D eigenvalue weighted by Crippen LogP contribution is -2.10. The molecular formula is C21H16ClF2N7. The summed E-state index contributed by atoms with van der Waals surface area (Å²) in [7, 11) is 0. The molecular weight excluding hydrogens is 424 g/mol. The van der Waals surface area contributed by atoms with Crippen LogP contribution in [-0.4, -0.2) is 19.9 Å². The first-order chi connectivity index (χ1) is 15.0. The lowest BCUT2D eigenvalue weighted by atomic mass is 10.3. The van der Waals surface area contributed by atoms with E-state index in [0.717, 1.165) is 5.69 Å². The molecule has 7 nitrogen and oxygen atoms in total. The zero-order chi connectivity index (χ0) is 21.6. The summed E-state index contributed by atoms with van der Waals surface area (Å²) in [4.78, 5) is 16.6. The molecule has 0 amide bonds. The Morgan fingerprint density at radius 3 is 1.94 bits per heavy atom. The fourth-order valence-corrected chi connectivity index (χ4v) is 2.75. The summed E-state index contributed by atoms with van der Waals surface area (Å²) in [6.07, 6.45) is 1.38. The van der Waals surface area contributed by atoms with Crippen LogP contribution >= 0.6 is 11.6 Å². The monoisotopic (exact) mass is 439 g/mol. The van der Waals surface area contributed by atoms with E-state index < -0.39 is 5.95 Å². The second kappa shape index (κ2) is 9.31. The number of nitrogens with one attached hydrogen (secondary N) is 3. The van der Waals surface area contributed by atoms with Crippen molar-refractivity contribution in [2.45, 2.75) is 6.54 Å². The molecule has 0 bridgehead atoms. The predicted octanol–water partition coefficient (Wildman–Crippen LogP) is 5.30. The number of hydrogen-bond donors (Lipinski definition) is 3. The maximum absolute atomic E-state index is 13.3. The van der Waals surface area contributed by atoms with Crippen LogP contribution in [0.3, 0.4) is 0 Å². The van der Waals surface area contributed by atoms with Gasteiger partial charge in [0.2, 0.25) is 23.8 Å². The van der Waals surface area contributed by atoms with Gasteiger partial charge in [-0.05, 0) is 66.2 Å². The van der Waals surface area contributed by atoms with E-state index in [2.05, 4.69) is 35.9 Å². The van der Waals surface area contributed by atoms with Gasteiger partial charge >= 0.3 is 0 Å². The third-order valence-corrected chi connectivity index (χ3v) is 4.33. The van der Waals surface area contributed by atoms with Crippen LogP contribution in [0.1, 0.15) is 5.56 Å². The molecule has 2 aromatic heterocycles. The van der Waals surface area contributed by atoms with E-state index in [1.165, 1.54) is 24.4 Å². The Labute approximate surface area is 181 Å². The van der Waals surface area contributed by atoms with E-state index in [1.807, 2.05) is 0 Å². The Balaban J connectivity index is 1.58. The largest absolute Gasteiger partial charge is 0.350 e. The van der Waals surface area contributed by atoms with Gasteiger partial charge in [-0.1, -0.05) is 11.6 Å². The smallest absolute Gasteiger partial charge is 0.233 e. The van der Waals surface area contributed by atoms with Gasteiger partial charge in [-0.25, -0.2) is 9.37 Å². The standard InChI is InChI=1S/C21H16ClF2N7/c22-14-1-5-16(6-2-14)27-20-29-19(26-12-13-9-10-25-18(24)11-13)30-21(31-20)28-17-7-3-15(23)4-8-17/h1-11H,12H2,(H3,26,27,28,29,30,31). The molecule has 2 aromatic carbocycles. The molecule has 4 aromatic rings. The van der Waals surface area contributed by atoms with Crippen molar-refractivity contribution < 1.29 is 8.78 Å². The van der Waals surface area contributed by atoms with Crippen LogP contribution < -0.4 is 16.0 Å². The van der Waals surface area contributed by atoms with Crippen molar-refractivity contribution in [2.75, 3.05) is 16.0 Å². The van der Waals surface area contributed by atoms with E-state index in [4.69, 9.17) is 11.6 Å². The topological polar surface area (TPSA) is 87.7 Å².